The SMILES string of the molecule is CCc1cccc(OC(C)(C)CC)c1OC(C)(C)CC. The molecule has 1 aromatic rings. The van der Waals surface area contributed by atoms with Gasteiger partial charge in [0.2, 0.25) is 0 Å². The molecule has 0 amide bonds. The Labute approximate surface area is 124 Å². The first-order valence-electron chi connectivity index (χ1n) is 7.74. The van der Waals surface area contributed by atoms with E-state index in [0.717, 1.165) is 30.8 Å². The van der Waals surface area contributed by atoms with Crippen molar-refractivity contribution in [1.82, 2.24) is 0 Å². The highest BCUT2D eigenvalue weighted by molar-refractivity contribution is 5.47. The van der Waals surface area contributed by atoms with Crippen molar-refractivity contribution in [1.29, 1.82) is 0 Å². The molecule has 0 spiro atoms. The van der Waals surface area contributed by atoms with Crippen LogP contribution in [0, 0.1) is 0 Å². The zero-order valence-corrected chi connectivity index (χ0v) is 14.2. The van der Waals surface area contributed by atoms with Gasteiger partial charge in [-0.3, -0.25) is 0 Å². The average molecular weight is 278 g/mol. The molecule has 0 atom stereocenters. The van der Waals surface area contributed by atoms with Gasteiger partial charge in [-0.1, -0.05) is 32.9 Å². The predicted octanol–water partition coefficient (Wildman–Crippen LogP) is 5.38. The van der Waals surface area contributed by atoms with E-state index in [2.05, 4.69) is 54.5 Å². The molecule has 0 bridgehead atoms. The smallest absolute Gasteiger partial charge is 0.165 e. The Kier molecular flexibility index (Phi) is 5.50. The minimum absolute atomic E-state index is 0.180. The summed E-state index contributed by atoms with van der Waals surface area (Å²) in [5, 5.41) is 0. The molecule has 20 heavy (non-hydrogen) atoms. The Morgan fingerprint density at radius 3 is 1.90 bits per heavy atom. The molecule has 0 saturated heterocycles. The van der Waals surface area contributed by atoms with E-state index in [0.29, 0.717) is 0 Å². The molecule has 0 heterocycles. The van der Waals surface area contributed by atoms with Crippen molar-refractivity contribution in [2.75, 3.05) is 0 Å². The summed E-state index contributed by atoms with van der Waals surface area (Å²) < 4.78 is 12.5. The largest absolute Gasteiger partial charge is 0.484 e. The maximum absolute atomic E-state index is 6.27. The number of para-hydroxylation sites is 1. The molecule has 0 aliphatic heterocycles. The van der Waals surface area contributed by atoms with Gasteiger partial charge in [0.25, 0.3) is 0 Å². The summed E-state index contributed by atoms with van der Waals surface area (Å²) in [6, 6.07) is 6.18. The van der Waals surface area contributed by atoms with Crippen LogP contribution in [0.3, 0.4) is 0 Å². The van der Waals surface area contributed by atoms with E-state index in [1.54, 1.807) is 0 Å². The number of hydrogen-bond donors (Lipinski definition) is 0. The second-order valence-electron chi connectivity index (χ2n) is 6.53. The van der Waals surface area contributed by atoms with Crippen molar-refractivity contribution < 1.29 is 9.47 Å². The number of ether oxygens (including phenoxy) is 2. The second kappa shape index (κ2) is 6.51. The molecule has 0 aliphatic rings. The van der Waals surface area contributed by atoms with Crippen LogP contribution in [0.25, 0.3) is 0 Å². The molecule has 0 aliphatic carbocycles. The van der Waals surface area contributed by atoms with Crippen molar-refractivity contribution in [2.24, 2.45) is 0 Å². The average Bonchev–Trinajstić information content (AvgIpc) is 2.40. The van der Waals surface area contributed by atoms with Gasteiger partial charge in [-0.15, -0.1) is 0 Å². The molecule has 0 aromatic heterocycles. The van der Waals surface area contributed by atoms with Crippen molar-refractivity contribution in [3.8, 4) is 11.5 Å². The van der Waals surface area contributed by atoms with Crippen LogP contribution < -0.4 is 9.47 Å². The lowest BCUT2D eigenvalue weighted by Crippen LogP contribution is -2.30. The molecule has 0 N–H and O–H groups in total. The normalized spacial score (nSPS) is 12.3. The quantitative estimate of drug-likeness (QED) is 0.666. The van der Waals surface area contributed by atoms with Gasteiger partial charge >= 0.3 is 0 Å². The van der Waals surface area contributed by atoms with Crippen molar-refractivity contribution in [3.63, 3.8) is 0 Å². The van der Waals surface area contributed by atoms with E-state index in [1.807, 2.05) is 12.1 Å². The first-order valence-corrected chi connectivity index (χ1v) is 7.74. The zero-order valence-electron chi connectivity index (χ0n) is 14.2. The van der Waals surface area contributed by atoms with Crippen molar-refractivity contribution in [2.45, 2.75) is 78.9 Å². The molecule has 0 saturated carbocycles. The molecule has 0 unspecified atom stereocenters. The fraction of sp³-hybridized carbons (Fsp3) is 0.667. The zero-order chi connectivity index (χ0) is 15.4. The highest BCUT2D eigenvalue weighted by Gasteiger charge is 2.24. The fourth-order valence-corrected chi connectivity index (χ4v) is 1.75. The number of hydrogen-bond acceptors (Lipinski definition) is 2. The van der Waals surface area contributed by atoms with Gasteiger partial charge in [0.15, 0.2) is 11.5 Å². The minimum atomic E-state index is -0.181. The van der Waals surface area contributed by atoms with E-state index in [-0.39, 0.29) is 11.2 Å². The summed E-state index contributed by atoms with van der Waals surface area (Å²) in [5.74, 6) is 1.76. The predicted molar refractivity (Wildman–Crippen MR) is 85.8 cm³/mol. The summed E-state index contributed by atoms with van der Waals surface area (Å²) in [6.45, 7) is 14.9. The molecule has 0 fully saturated rings. The summed E-state index contributed by atoms with van der Waals surface area (Å²) >= 11 is 0. The summed E-state index contributed by atoms with van der Waals surface area (Å²) in [6.07, 6.45) is 2.86. The van der Waals surface area contributed by atoms with Crippen LogP contribution in [-0.2, 0) is 6.42 Å². The van der Waals surface area contributed by atoms with Crippen LogP contribution in [0.1, 0.15) is 66.9 Å². The summed E-state index contributed by atoms with van der Waals surface area (Å²) in [7, 11) is 0. The standard InChI is InChI=1S/C18H30O2/c1-8-14-12-11-13-15(19-17(4,5)9-2)16(14)20-18(6,7)10-3/h11-13H,8-10H2,1-7H3. The third-order valence-corrected chi connectivity index (χ3v) is 3.91. The molecule has 2 nitrogen and oxygen atoms in total. The van der Waals surface area contributed by atoms with E-state index in [9.17, 15) is 0 Å². The van der Waals surface area contributed by atoms with Crippen molar-refractivity contribution >= 4 is 0 Å². The Morgan fingerprint density at radius 1 is 0.850 bits per heavy atom. The fourth-order valence-electron chi connectivity index (χ4n) is 1.75. The highest BCUT2D eigenvalue weighted by atomic mass is 16.5. The van der Waals surface area contributed by atoms with Crippen LogP contribution in [0.15, 0.2) is 18.2 Å². The number of benzene rings is 1. The Morgan fingerprint density at radius 2 is 1.40 bits per heavy atom. The molecular weight excluding hydrogens is 248 g/mol. The minimum Gasteiger partial charge on any atom is -0.484 e. The van der Waals surface area contributed by atoms with Gasteiger partial charge in [0.1, 0.15) is 11.2 Å². The van der Waals surface area contributed by atoms with Gasteiger partial charge in [0.05, 0.1) is 0 Å². The monoisotopic (exact) mass is 278 g/mol. The van der Waals surface area contributed by atoms with Crippen molar-refractivity contribution in [3.05, 3.63) is 23.8 Å². The second-order valence-corrected chi connectivity index (χ2v) is 6.53. The third-order valence-electron chi connectivity index (χ3n) is 3.91. The maximum Gasteiger partial charge on any atom is 0.165 e. The van der Waals surface area contributed by atoms with Crippen LogP contribution in [0.4, 0.5) is 0 Å². The Bertz CT molecular complexity index is 433. The molecule has 114 valence electrons. The Balaban J connectivity index is 3.17. The van der Waals surface area contributed by atoms with Gasteiger partial charge in [0, 0.05) is 0 Å². The topological polar surface area (TPSA) is 18.5 Å². The van der Waals surface area contributed by atoms with Crippen LogP contribution >= 0.6 is 0 Å². The van der Waals surface area contributed by atoms with Gasteiger partial charge in [-0.25, -0.2) is 0 Å². The molecule has 0 radical (unpaired) electrons. The first-order chi connectivity index (χ1) is 9.24. The summed E-state index contributed by atoms with van der Waals surface area (Å²) in [4.78, 5) is 0. The van der Waals surface area contributed by atoms with Crippen LogP contribution in [0.5, 0.6) is 11.5 Å². The van der Waals surface area contributed by atoms with Gasteiger partial charge in [-0.2, -0.15) is 0 Å². The third kappa shape index (κ3) is 4.43. The van der Waals surface area contributed by atoms with Crippen LogP contribution in [0.2, 0.25) is 0 Å². The van der Waals surface area contributed by atoms with E-state index >= 15 is 0 Å². The van der Waals surface area contributed by atoms with Gasteiger partial charge < -0.3 is 9.47 Å². The van der Waals surface area contributed by atoms with E-state index in [4.69, 9.17) is 9.47 Å². The van der Waals surface area contributed by atoms with Gasteiger partial charge in [-0.05, 0) is 58.6 Å². The van der Waals surface area contributed by atoms with E-state index in [1.165, 1.54) is 5.56 Å². The maximum atomic E-state index is 6.27. The van der Waals surface area contributed by atoms with E-state index < -0.39 is 0 Å². The first kappa shape index (κ1) is 16.9. The Hall–Kier alpha value is -1.18. The molecule has 1 aromatic carbocycles. The molecule has 2 heteroatoms. The number of aryl methyl sites for hydroxylation is 1. The lowest BCUT2D eigenvalue weighted by atomic mass is 10.0. The number of rotatable bonds is 7. The lowest BCUT2D eigenvalue weighted by Gasteiger charge is -2.31. The van der Waals surface area contributed by atoms with Crippen LogP contribution in [-0.4, -0.2) is 11.2 Å². The summed E-state index contributed by atoms with van der Waals surface area (Å²) in [5.41, 5.74) is 0.844. The lowest BCUT2D eigenvalue weighted by molar-refractivity contribution is 0.0719. The highest BCUT2D eigenvalue weighted by Crippen LogP contribution is 2.37. The molecule has 1 rings (SSSR count). The molecular formula is C18H30O2.